The molecule has 0 spiro atoms. The number of aliphatic hydroxyl groups is 1. The lowest BCUT2D eigenvalue weighted by atomic mass is 9.80. The first-order valence-electron chi connectivity index (χ1n) is 16.0. The second-order valence-corrected chi connectivity index (χ2v) is 11.0. The van der Waals surface area contributed by atoms with Crippen molar-refractivity contribution in [3.63, 3.8) is 0 Å². The van der Waals surface area contributed by atoms with Gasteiger partial charge in [-0.2, -0.15) is 0 Å². The maximum atomic E-state index is 10.8. The molecule has 0 saturated heterocycles. The van der Waals surface area contributed by atoms with E-state index >= 15 is 0 Å². The smallest absolute Gasteiger partial charge is 0.143 e. The van der Waals surface area contributed by atoms with Gasteiger partial charge in [-0.15, -0.1) is 0 Å². The molecule has 0 aliphatic carbocycles. The van der Waals surface area contributed by atoms with Crippen molar-refractivity contribution in [2.24, 2.45) is 0 Å². The number of hydrogen-bond acceptors (Lipinski definition) is 3. The predicted molar refractivity (Wildman–Crippen MR) is 172 cm³/mol. The SMILES string of the molecule is CCCCCC/C=C\CCCCCCCCOC[C@H](O)COC(c1ccccc1)(c1ccccc1)c1ccccc1. The highest BCUT2D eigenvalue weighted by atomic mass is 16.5. The highest BCUT2D eigenvalue weighted by molar-refractivity contribution is 5.47. The molecule has 0 aliphatic heterocycles. The lowest BCUT2D eigenvalue weighted by molar-refractivity contribution is -0.0641. The third kappa shape index (κ3) is 11.6. The van der Waals surface area contributed by atoms with Gasteiger partial charge in [-0.1, -0.05) is 155 Å². The number of rotatable bonds is 22. The van der Waals surface area contributed by atoms with Crippen LogP contribution in [-0.2, 0) is 15.1 Å². The lowest BCUT2D eigenvalue weighted by Crippen LogP contribution is -2.36. The Morgan fingerprint density at radius 2 is 1.02 bits per heavy atom. The summed E-state index contributed by atoms with van der Waals surface area (Å²) in [6.45, 7) is 3.39. The minimum Gasteiger partial charge on any atom is -0.388 e. The molecule has 0 unspecified atom stereocenters. The van der Waals surface area contributed by atoms with Crippen LogP contribution in [0.1, 0.15) is 101 Å². The fourth-order valence-corrected chi connectivity index (χ4v) is 5.36. The zero-order valence-corrected chi connectivity index (χ0v) is 25.3. The molecule has 222 valence electrons. The fourth-order valence-electron chi connectivity index (χ4n) is 5.36. The van der Waals surface area contributed by atoms with Crippen LogP contribution < -0.4 is 0 Å². The summed E-state index contributed by atoms with van der Waals surface area (Å²) in [6, 6.07) is 30.8. The van der Waals surface area contributed by atoms with Crippen LogP contribution in [0.2, 0.25) is 0 Å². The van der Waals surface area contributed by atoms with Crippen molar-refractivity contribution in [1.29, 1.82) is 0 Å². The normalized spacial score (nSPS) is 12.6. The van der Waals surface area contributed by atoms with Gasteiger partial charge in [-0.3, -0.25) is 0 Å². The molecule has 0 fully saturated rings. The molecular formula is C38H52O3. The summed E-state index contributed by atoms with van der Waals surface area (Å²) in [5.41, 5.74) is 2.27. The van der Waals surface area contributed by atoms with Crippen LogP contribution >= 0.6 is 0 Å². The Labute approximate surface area is 249 Å². The third-order valence-corrected chi connectivity index (χ3v) is 7.64. The van der Waals surface area contributed by atoms with Crippen LogP contribution in [-0.4, -0.2) is 31.0 Å². The molecule has 1 atom stereocenters. The molecule has 3 aromatic carbocycles. The molecule has 0 amide bonds. The van der Waals surface area contributed by atoms with Crippen molar-refractivity contribution in [3.05, 3.63) is 120 Å². The van der Waals surface area contributed by atoms with E-state index in [1.807, 2.05) is 54.6 Å². The first-order chi connectivity index (χ1) is 20.3. The highest BCUT2D eigenvalue weighted by Gasteiger charge is 2.38. The third-order valence-electron chi connectivity index (χ3n) is 7.64. The van der Waals surface area contributed by atoms with Crippen molar-refractivity contribution in [1.82, 2.24) is 0 Å². The Hall–Kier alpha value is -2.72. The zero-order valence-electron chi connectivity index (χ0n) is 25.3. The van der Waals surface area contributed by atoms with Crippen molar-refractivity contribution >= 4 is 0 Å². The topological polar surface area (TPSA) is 38.7 Å². The number of aliphatic hydroxyl groups excluding tert-OH is 1. The monoisotopic (exact) mass is 556 g/mol. The van der Waals surface area contributed by atoms with Gasteiger partial charge in [0.05, 0.1) is 13.2 Å². The molecule has 0 saturated carbocycles. The van der Waals surface area contributed by atoms with Crippen molar-refractivity contribution in [2.45, 2.75) is 95.7 Å². The van der Waals surface area contributed by atoms with Gasteiger partial charge in [-0.05, 0) is 48.8 Å². The summed E-state index contributed by atoms with van der Waals surface area (Å²) >= 11 is 0. The Morgan fingerprint density at radius 1 is 0.585 bits per heavy atom. The second kappa shape index (κ2) is 20.2. The summed E-state index contributed by atoms with van der Waals surface area (Å²) < 4.78 is 12.5. The van der Waals surface area contributed by atoms with Crippen LogP contribution in [0.25, 0.3) is 0 Å². The number of hydrogen-bond donors (Lipinski definition) is 1. The molecular weight excluding hydrogens is 504 g/mol. The molecule has 41 heavy (non-hydrogen) atoms. The lowest BCUT2D eigenvalue weighted by Gasteiger charge is -2.36. The molecule has 3 heteroatoms. The van der Waals surface area contributed by atoms with E-state index in [0.717, 1.165) is 23.1 Å². The van der Waals surface area contributed by atoms with Crippen molar-refractivity contribution < 1.29 is 14.6 Å². The molecule has 0 heterocycles. The summed E-state index contributed by atoms with van der Waals surface area (Å²) in [5.74, 6) is 0. The van der Waals surface area contributed by atoms with Gasteiger partial charge in [0, 0.05) is 6.61 Å². The maximum absolute atomic E-state index is 10.8. The number of unbranched alkanes of at least 4 members (excludes halogenated alkanes) is 10. The van der Waals surface area contributed by atoms with E-state index in [-0.39, 0.29) is 13.2 Å². The largest absolute Gasteiger partial charge is 0.388 e. The Balaban J connectivity index is 1.38. The average molecular weight is 557 g/mol. The zero-order chi connectivity index (χ0) is 28.9. The average Bonchev–Trinajstić information content (AvgIpc) is 3.03. The van der Waals surface area contributed by atoms with Crippen molar-refractivity contribution in [2.75, 3.05) is 19.8 Å². The maximum Gasteiger partial charge on any atom is 0.143 e. The van der Waals surface area contributed by atoms with Gasteiger partial charge < -0.3 is 14.6 Å². The molecule has 3 rings (SSSR count). The van der Waals surface area contributed by atoms with Gasteiger partial charge in [0.2, 0.25) is 0 Å². The molecule has 0 radical (unpaired) electrons. The van der Waals surface area contributed by atoms with Gasteiger partial charge in [-0.25, -0.2) is 0 Å². The molecule has 0 bridgehead atoms. The first kappa shape index (κ1) is 32.8. The Morgan fingerprint density at radius 3 is 1.51 bits per heavy atom. The van der Waals surface area contributed by atoms with E-state index in [9.17, 15) is 5.11 Å². The van der Waals surface area contributed by atoms with Gasteiger partial charge in [0.25, 0.3) is 0 Å². The van der Waals surface area contributed by atoms with Crippen LogP contribution in [0.4, 0.5) is 0 Å². The van der Waals surface area contributed by atoms with Crippen LogP contribution in [0.15, 0.2) is 103 Å². The minimum atomic E-state index is -0.824. The Bertz CT molecular complexity index is 952. The highest BCUT2D eigenvalue weighted by Crippen LogP contribution is 2.40. The molecule has 3 aromatic rings. The standard InChI is InChI=1S/C38H52O3/c1-2-3-4-5-6-7-8-9-10-11-12-13-14-24-31-40-32-37(39)33-41-38(34-25-18-15-19-26-34,35-27-20-16-21-28-35)36-29-22-17-23-30-36/h7-8,15-23,25-30,37,39H,2-6,9-14,24,31-33H2,1H3/b8-7-/t37-/m0/s1. The van der Waals surface area contributed by atoms with Crippen molar-refractivity contribution in [3.8, 4) is 0 Å². The van der Waals surface area contributed by atoms with E-state index in [2.05, 4.69) is 55.5 Å². The van der Waals surface area contributed by atoms with Crippen LogP contribution in [0, 0.1) is 0 Å². The van der Waals surface area contributed by atoms with Crippen LogP contribution in [0.5, 0.6) is 0 Å². The molecule has 0 aromatic heterocycles. The summed E-state index contributed by atoms with van der Waals surface area (Å²) in [6.07, 6.45) is 19.3. The number of ether oxygens (including phenoxy) is 2. The Kier molecular flexibility index (Phi) is 16.2. The number of allylic oxidation sites excluding steroid dienone is 2. The van der Waals surface area contributed by atoms with Gasteiger partial charge in [0.1, 0.15) is 11.7 Å². The molecule has 3 nitrogen and oxygen atoms in total. The number of benzene rings is 3. The van der Waals surface area contributed by atoms with Crippen LogP contribution in [0.3, 0.4) is 0 Å². The minimum absolute atomic E-state index is 0.172. The molecule has 0 aliphatic rings. The van der Waals surface area contributed by atoms with E-state index in [1.165, 1.54) is 70.6 Å². The van der Waals surface area contributed by atoms with E-state index in [4.69, 9.17) is 9.47 Å². The molecule has 1 N–H and O–H groups in total. The summed E-state index contributed by atoms with van der Waals surface area (Å²) in [5, 5.41) is 10.8. The summed E-state index contributed by atoms with van der Waals surface area (Å²) in [4.78, 5) is 0. The quantitative estimate of drug-likeness (QED) is 0.0760. The van der Waals surface area contributed by atoms with E-state index in [1.54, 1.807) is 0 Å². The second-order valence-electron chi connectivity index (χ2n) is 11.0. The fraction of sp³-hybridized carbons (Fsp3) is 0.474. The van der Waals surface area contributed by atoms with E-state index in [0.29, 0.717) is 6.61 Å². The summed E-state index contributed by atoms with van der Waals surface area (Å²) in [7, 11) is 0. The first-order valence-corrected chi connectivity index (χ1v) is 16.0. The van der Waals surface area contributed by atoms with Gasteiger partial charge >= 0.3 is 0 Å². The van der Waals surface area contributed by atoms with Gasteiger partial charge in [0.15, 0.2) is 0 Å². The van der Waals surface area contributed by atoms with E-state index < -0.39 is 11.7 Å². The predicted octanol–water partition coefficient (Wildman–Crippen LogP) is 9.63.